The SMILES string of the molecule is CC(C)(C)C(=O)N/N=C(/CNC(=O)c1ccccc1)c1ccccc1. The Morgan fingerprint density at radius 1 is 0.880 bits per heavy atom. The molecule has 0 bridgehead atoms. The van der Waals surface area contributed by atoms with Gasteiger partial charge < -0.3 is 5.32 Å². The average molecular weight is 337 g/mol. The molecule has 0 aliphatic carbocycles. The van der Waals surface area contributed by atoms with Crippen molar-refractivity contribution in [1.29, 1.82) is 0 Å². The minimum Gasteiger partial charge on any atom is -0.346 e. The van der Waals surface area contributed by atoms with E-state index in [4.69, 9.17) is 0 Å². The Balaban J connectivity index is 2.13. The molecule has 0 spiro atoms. The second-order valence-electron chi connectivity index (χ2n) is 6.66. The fourth-order valence-electron chi connectivity index (χ4n) is 1.98. The first kappa shape index (κ1) is 18.4. The Bertz CT molecular complexity index is 748. The van der Waals surface area contributed by atoms with Gasteiger partial charge in [-0.05, 0) is 17.7 Å². The van der Waals surface area contributed by atoms with Crippen molar-refractivity contribution in [3.8, 4) is 0 Å². The number of amides is 2. The second-order valence-corrected chi connectivity index (χ2v) is 6.66. The highest BCUT2D eigenvalue weighted by Gasteiger charge is 2.21. The number of nitrogens with one attached hydrogen (secondary N) is 2. The maximum atomic E-state index is 12.2. The largest absolute Gasteiger partial charge is 0.346 e. The normalized spacial score (nSPS) is 11.7. The zero-order valence-corrected chi connectivity index (χ0v) is 14.7. The molecule has 0 saturated heterocycles. The molecule has 0 saturated carbocycles. The third-order valence-electron chi connectivity index (χ3n) is 3.53. The molecule has 2 aromatic rings. The lowest BCUT2D eigenvalue weighted by atomic mass is 9.96. The summed E-state index contributed by atoms with van der Waals surface area (Å²) < 4.78 is 0. The third-order valence-corrected chi connectivity index (χ3v) is 3.53. The first-order valence-corrected chi connectivity index (χ1v) is 8.13. The van der Waals surface area contributed by atoms with Crippen molar-refractivity contribution >= 4 is 17.5 Å². The summed E-state index contributed by atoms with van der Waals surface area (Å²) in [5.74, 6) is -0.373. The van der Waals surface area contributed by atoms with Crippen molar-refractivity contribution in [2.45, 2.75) is 20.8 Å². The van der Waals surface area contributed by atoms with E-state index in [9.17, 15) is 9.59 Å². The highest BCUT2D eigenvalue weighted by atomic mass is 16.2. The molecule has 0 aliphatic heterocycles. The molecular weight excluding hydrogens is 314 g/mol. The molecule has 0 heterocycles. The molecule has 0 atom stereocenters. The number of carbonyl (C=O) groups is 2. The summed E-state index contributed by atoms with van der Waals surface area (Å²) in [5, 5.41) is 7.07. The van der Waals surface area contributed by atoms with Crippen LogP contribution in [0.4, 0.5) is 0 Å². The second kappa shape index (κ2) is 8.24. The first-order chi connectivity index (χ1) is 11.9. The summed E-state index contributed by atoms with van der Waals surface area (Å²) in [6.07, 6.45) is 0. The molecule has 0 fully saturated rings. The zero-order chi connectivity index (χ0) is 18.3. The summed E-state index contributed by atoms with van der Waals surface area (Å²) in [5.41, 5.74) is 4.04. The van der Waals surface area contributed by atoms with Crippen molar-refractivity contribution < 1.29 is 9.59 Å². The molecule has 2 aromatic carbocycles. The van der Waals surface area contributed by atoms with Crippen LogP contribution in [0.2, 0.25) is 0 Å². The summed E-state index contributed by atoms with van der Waals surface area (Å²) in [7, 11) is 0. The lowest BCUT2D eigenvalue weighted by Crippen LogP contribution is -2.35. The van der Waals surface area contributed by atoms with E-state index in [0.717, 1.165) is 5.56 Å². The average Bonchev–Trinajstić information content (AvgIpc) is 2.62. The number of rotatable bonds is 5. The molecule has 25 heavy (non-hydrogen) atoms. The molecule has 2 amide bonds. The van der Waals surface area contributed by atoms with E-state index in [1.54, 1.807) is 12.1 Å². The Hall–Kier alpha value is -2.95. The van der Waals surface area contributed by atoms with Crippen LogP contribution in [0.5, 0.6) is 0 Å². The standard InChI is InChI=1S/C20H23N3O2/c1-20(2,3)19(25)23-22-17(15-10-6-4-7-11-15)14-21-18(24)16-12-8-5-9-13-16/h4-13H,14H2,1-3H3,(H,21,24)(H,23,25)/b22-17-. The van der Waals surface area contributed by atoms with Crippen LogP contribution in [0, 0.1) is 5.41 Å². The number of nitrogens with zero attached hydrogens (tertiary/aromatic N) is 1. The van der Waals surface area contributed by atoms with Crippen molar-refractivity contribution in [1.82, 2.24) is 10.7 Å². The van der Waals surface area contributed by atoms with Gasteiger partial charge in [0.15, 0.2) is 0 Å². The molecule has 0 unspecified atom stereocenters. The molecule has 2 rings (SSSR count). The van der Waals surface area contributed by atoms with Crippen molar-refractivity contribution in [3.05, 3.63) is 71.8 Å². The molecule has 0 radical (unpaired) electrons. The fraction of sp³-hybridized carbons (Fsp3) is 0.250. The molecule has 5 heteroatoms. The maximum Gasteiger partial charge on any atom is 0.251 e. The van der Waals surface area contributed by atoms with Crippen LogP contribution in [0.1, 0.15) is 36.7 Å². The lowest BCUT2D eigenvalue weighted by molar-refractivity contribution is -0.128. The Morgan fingerprint density at radius 2 is 1.40 bits per heavy atom. The minimum absolute atomic E-state index is 0.185. The lowest BCUT2D eigenvalue weighted by Gasteiger charge is -2.16. The molecule has 0 aromatic heterocycles. The summed E-state index contributed by atoms with van der Waals surface area (Å²) >= 11 is 0. The quantitative estimate of drug-likeness (QED) is 0.650. The van der Waals surface area contributed by atoms with Crippen LogP contribution in [-0.2, 0) is 4.79 Å². The first-order valence-electron chi connectivity index (χ1n) is 8.13. The van der Waals surface area contributed by atoms with E-state index in [0.29, 0.717) is 11.3 Å². The van der Waals surface area contributed by atoms with Gasteiger partial charge in [0.1, 0.15) is 0 Å². The molecular formula is C20H23N3O2. The van der Waals surface area contributed by atoms with Gasteiger partial charge in [-0.2, -0.15) is 5.10 Å². The fourth-order valence-corrected chi connectivity index (χ4v) is 1.98. The smallest absolute Gasteiger partial charge is 0.251 e. The zero-order valence-electron chi connectivity index (χ0n) is 14.7. The van der Waals surface area contributed by atoms with Gasteiger partial charge in [-0.3, -0.25) is 9.59 Å². The van der Waals surface area contributed by atoms with E-state index in [2.05, 4.69) is 15.8 Å². The number of hydrogen-bond donors (Lipinski definition) is 2. The van der Waals surface area contributed by atoms with Crippen LogP contribution in [0.15, 0.2) is 65.8 Å². The molecule has 0 aliphatic rings. The van der Waals surface area contributed by atoms with E-state index in [1.807, 2.05) is 69.3 Å². The van der Waals surface area contributed by atoms with Gasteiger partial charge in [-0.15, -0.1) is 0 Å². The van der Waals surface area contributed by atoms with Crippen molar-refractivity contribution in [3.63, 3.8) is 0 Å². The Morgan fingerprint density at radius 3 is 1.92 bits per heavy atom. The van der Waals surface area contributed by atoms with E-state index >= 15 is 0 Å². The predicted octanol–water partition coefficient (Wildman–Crippen LogP) is 2.98. The van der Waals surface area contributed by atoms with Crippen LogP contribution < -0.4 is 10.7 Å². The van der Waals surface area contributed by atoms with Crippen LogP contribution in [-0.4, -0.2) is 24.1 Å². The van der Waals surface area contributed by atoms with Crippen molar-refractivity contribution in [2.24, 2.45) is 10.5 Å². The highest BCUT2D eigenvalue weighted by molar-refractivity contribution is 6.05. The number of hydrogen-bond acceptors (Lipinski definition) is 3. The number of hydrazone groups is 1. The van der Waals surface area contributed by atoms with E-state index < -0.39 is 5.41 Å². The van der Waals surface area contributed by atoms with Gasteiger partial charge in [0, 0.05) is 11.0 Å². The predicted molar refractivity (Wildman–Crippen MR) is 99.4 cm³/mol. The van der Waals surface area contributed by atoms with Gasteiger partial charge in [-0.25, -0.2) is 5.43 Å². The van der Waals surface area contributed by atoms with Gasteiger partial charge in [0.05, 0.1) is 12.3 Å². The van der Waals surface area contributed by atoms with E-state index in [1.165, 1.54) is 0 Å². The van der Waals surface area contributed by atoms with Crippen molar-refractivity contribution in [2.75, 3.05) is 6.54 Å². The monoisotopic (exact) mass is 337 g/mol. The minimum atomic E-state index is -0.543. The summed E-state index contributed by atoms with van der Waals surface area (Å²) in [6.45, 7) is 5.66. The molecule has 130 valence electrons. The van der Waals surface area contributed by atoms with E-state index in [-0.39, 0.29) is 18.4 Å². The topological polar surface area (TPSA) is 70.6 Å². The third kappa shape index (κ3) is 5.57. The van der Waals surface area contributed by atoms with Gasteiger partial charge in [0.25, 0.3) is 5.91 Å². The highest BCUT2D eigenvalue weighted by Crippen LogP contribution is 2.12. The van der Waals surface area contributed by atoms with Crippen LogP contribution in [0.25, 0.3) is 0 Å². The van der Waals surface area contributed by atoms with Crippen LogP contribution >= 0.6 is 0 Å². The Kier molecular flexibility index (Phi) is 6.06. The summed E-state index contributed by atoms with van der Waals surface area (Å²) in [6, 6.07) is 18.4. The molecule has 5 nitrogen and oxygen atoms in total. The maximum absolute atomic E-state index is 12.2. The number of carbonyl (C=O) groups excluding carboxylic acids is 2. The number of benzene rings is 2. The summed E-state index contributed by atoms with van der Waals surface area (Å²) in [4.78, 5) is 24.3. The van der Waals surface area contributed by atoms with Crippen LogP contribution in [0.3, 0.4) is 0 Å². The molecule has 2 N–H and O–H groups in total. The van der Waals surface area contributed by atoms with Gasteiger partial charge in [-0.1, -0.05) is 69.3 Å². The van der Waals surface area contributed by atoms with Gasteiger partial charge >= 0.3 is 0 Å². The van der Waals surface area contributed by atoms with Gasteiger partial charge in [0.2, 0.25) is 5.91 Å². The Labute approximate surface area is 148 Å².